The fourth-order valence-electron chi connectivity index (χ4n) is 6.62. The Balaban J connectivity index is 0.000000167. The highest BCUT2D eigenvalue weighted by atomic mass is 35.5. The third-order valence-electron chi connectivity index (χ3n) is 9.33. The van der Waals surface area contributed by atoms with Crippen LogP contribution in [0.5, 0.6) is 11.5 Å². The molecule has 0 bridgehead atoms. The van der Waals surface area contributed by atoms with Crippen LogP contribution in [-0.2, 0) is 13.1 Å². The Kier molecular flexibility index (Phi) is 10.8. The monoisotopic (exact) mass is 748 g/mol. The number of carbonyl (C=O) groups excluding carboxylic acids is 2. The minimum atomic E-state index is -0.296. The number of nitrogens with zero attached hydrogens (tertiary/aromatic N) is 6. The average molecular weight is 749 g/mol. The molecule has 4 heterocycles. The molecule has 0 unspecified atom stereocenters. The van der Waals surface area contributed by atoms with Crippen molar-refractivity contribution < 1.29 is 23.5 Å². The van der Waals surface area contributed by atoms with E-state index >= 15 is 0 Å². The molecule has 0 spiro atoms. The Bertz CT molecular complexity index is 2080. The standard InChI is InChI=1S/C20H19ClN4O2.C20H19FN4O2/c2*1-27-19-10-17(5-6-18(19)15-11-22-23-12-15)25-8-7-24(20(25)26)13-14-3-2-4-16(21)9-14/h2*2-6,9-12H,7-8,13H2,1H3,(H,22,23). The van der Waals surface area contributed by atoms with Crippen molar-refractivity contribution >= 4 is 35.0 Å². The predicted molar refractivity (Wildman–Crippen MR) is 205 cm³/mol. The van der Waals surface area contributed by atoms with Gasteiger partial charge < -0.3 is 19.3 Å². The van der Waals surface area contributed by atoms with Gasteiger partial charge in [0.2, 0.25) is 0 Å². The third kappa shape index (κ3) is 7.86. The van der Waals surface area contributed by atoms with Crippen LogP contribution in [0.25, 0.3) is 22.3 Å². The van der Waals surface area contributed by atoms with E-state index in [1.807, 2.05) is 77.8 Å². The molecule has 0 saturated carbocycles. The number of amides is 4. The van der Waals surface area contributed by atoms with E-state index in [0.29, 0.717) is 55.8 Å². The number of H-pyrrole nitrogens is 2. The van der Waals surface area contributed by atoms with Gasteiger partial charge in [-0.05, 0) is 59.7 Å². The molecule has 4 amide bonds. The van der Waals surface area contributed by atoms with Crippen LogP contribution in [0.4, 0.5) is 25.4 Å². The lowest BCUT2D eigenvalue weighted by molar-refractivity contribution is 0.218. The number of methoxy groups -OCH3 is 2. The summed E-state index contributed by atoms with van der Waals surface area (Å²) >= 11 is 6.05. The molecule has 0 aliphatic carbocycles. The largest absolute Gasteiger partial charge is 0.496 e. The third-order valence-corrected chi connectivity index (χ3v) is 9.56. The highest BCUT2D eigenvalue weighted by molar-refractivity contribution is 6.30. The van der Waals surface area contributed by atoms with Gasteiger partial charge in [-0.2, -0.15) is 10.2 Å². The van der Waals surface area contributed by atoms with Gasteiger partial charge in [0.1, 0.15) is 17.3 Å². The number of hydrogen-bond acceptors (Lipinski definition) is 6. The minimum absolute atomic E-state index is 0.0203. The van der Waals surface area contributed by atoms with E-state index in [1.165, 1.54) is 12.1 Å². The number of aromatic amines is 2. The Hall–Kier alpha value is -6.34. The number of benzene rings is 4. The molecule has 8 rings (SSSR count). The summed E-state index contributed by atoms with van der Waals surface area (Å²) in [5.41, 5.74) is 7.07. The summed E-state index contributed by atoms with van der Waals surface area (Å²) in [4.78, 5) is 32.7. The number of aromatic nitrogens is 4. The summed E-state index contributed by atoms with van der Waals surface area (Å²) in [5, 5.41) is 14.2. The number of ether oxygens (including phenoxy) is 2. The Morgan fingerprint density at radius 3 is 1.61 bits per heavy atom. The molecule has 276 valence electrons. The molecule has 2 aliphatic rings. The SMILES string of the molecule is COc1cc(N2CCN(Cc3cccc(Cl)c3)C2=O)ccc1-c1cn[nH]c1.COc1cc(N2CCN(Cc3cccc(F)c3)C2=O)ccc1-c1cn[nH]c1. The first-order valence-corrected chi connectivity index (χ1v) is 17.6. The van der Waals surface area contributed by atoms with Crippen molar-refractivity contribution in [3.8, 4) is 33.8 Å². The molecule has 0 atom stereocenters. The molecule has 54 heavy (non-hydrogen) atoms. The average Bonchev–Trinajstić information content (AvgIpc) is 4.02. The number of urea groups is 2. The molecule has 2 aromatic heterocycles. The smallest absolute Gasteiger partial charge is 0.324 e. The molecule has 6 aromatic rings. The van der Waals surface area contributed by atoms with Gasteiger partial charge in [-0.15, -0.1) is 0 Å². The lowest BCUT2D eigenvalue weighted by atomic mass is 10.1. The van der Waals surface area contributed by atoms with Crippen LogP contribution in [0.1, 0.15) is 11.1 Å². The van der Waals surface area contributed by atoms with Crippen molar-refractivity contribution in [2.24, 2.45) is 0 Å². The van der Waals surface area contributed by atoms with Gasteiger partial charge in [-0.3, -0.25) is 20.0 Å². The van der Waals surface area contributed by atoms with E-state index in [0.717, 1.165) is 44.8 Å². The van der Waals surface area contributed by atoms with Crippen LogP contribution in [0.3, 0.4) is 0 Å². The van der Waals surface area contributed by atoms with Gasteiger partial charge in [-0.25, -0.2) is 14.0 Å². The minimum Gasteiger partial charge on any atom is -0.496 e. The zero-order chi connectivity index (χ0) is 37.6. The van der Waals surface area contributed by atoms with Crippen LogP contribution < -0.4 is 19.3 Å². The number of hydrogen-bond donors (Lipinski definition) is 2. The van der Waals surface area contributed by atoms with E-state index < -0.39 is 0 Å². The number of carbonyl (C=O) groups is 2. The number of anilines is 2. The Morgan fingerprint density at radius 1 is 0.667 bits per heavy atom. The maximum Gasteiger partial charge on any atom is 0.324 e. The Labute approximate surface area is 316 Å². The van der Waals surface area contributed by atoms with Gasteiger partial charge >= 0.3 is 12.1 Å². The second-order valence-electron chi connectivity index (χ2n) is 12.7. The highest BCUT2D eigenvalue weighted by Crippen LogP contribution is 2.36. The molecule has 0 radical (unpaired) electrons. The first-order valence-electron chi connectivity index (χ1n) is 17.3. The summed E-state index contributed by atoms with van der Waals surface area (Å²) in [6, 6.07) is 25.3. The van der Waals surface area contributed by atoms with E-state index in [1.54, 1.807) is 53.6 Å². The van der Waals surface area contributed by atoms with Crippen molar-refractivity contribution in [2.45, 2.75) is 13.1 Å². The molecular weight excluding hydrogens is 711 g/mol. The second kappa shape index (κ2) is 16.1. The van der Waals surface area contributed by atoms with Gasteiger partial charge in [-0.1, -0.05) is 35.9 Å². The number of rotatable bonds is 10. The summed E-state index contributed by atoms with van der Waals surface area (Å²) in [6.07, 6.45) is 7.06. The van der Waals surface area contributed by atoms with Crippen molar-refractivity contribution in [1.29, 1.82) is 0 Å². The van der Waals surface area contributed by atoms with Crippen molar-refractivity contribution in [3.05, 3.63) is 132 Å². The zero-order valence-corrected chi connectivity index (χ0v) is 30.5. The molecular formula is C40H38ClFN8O4. The lowest BCUT2D eigenvalue weighted by Gasteiger charge is -2.20. The quantitative estimate of drug-likeness (QED) is 0.147. The molecule has 2 fully saturated rings. The molecule has 2 aliphatic heterocycles. The molecule has 2 N–H and O–H groups in total. The summed E-state index contributed by atoms with van der Waals surface area (Å²) in [5.74, 6) is 1.08. The van der Waals surface area contributed by atoms with Gasteiger partial charge in [0.15, 0.2) is 0 Å². The molecule has 12 nitrogen and oxygen atoms in total. The van der Waals surface area contributed by atoms with Crippen LogP contribution >= 0.6 is 11.6 Å². The van der Waals surface area contributed by atoms with Gasteiger partial charge in [0.25, 0.3) is 0 Å². The van der Waals surface area contributed by atoms with Crippen LogP contribution in [0.2, 0.25) is 5.02 Å². The van der Waals surface area contributed by atoms with Crippen LogP contribution in [0.15, 0.2) is 110 Å². The zero-order valence-electron chi connectivity index (χ0n) is 29.7. The number of nitrogens with one attached hydrogen (secondary N) is 2. The van der Waals surface area contributed by atoms with Gasteiger partial charge in [0.05, 0.1) is 26.6 Å². The first kappa shape index (κ1) is 36.0. The summed E-state index contributed by atoms with van der Waals surface area (Å²) < 4.78 is 24.4. The van der Waals surface area contributed by atoms with Crippen molar-refractivity contribution in [3.63, 3.8) is 0 Å². The van der Waals surface area contributed by atoms with E-state index in [9.17, 15) is 14.0 Å². The van der Waals surface area contributed by atoms with Gasteiger partial charge in [0, 0.05) is 102 Å². The van der Waals surface area contributed by atoms with E-state index in [-0.39, 0.29) is 17.9 Å². The Morgan fingerprint density at radius 2 is 1.17 bits per heavy atom. The normalized spacial score (nSPS) is 14.1. The number of halogens is 2. The fourth-order valence-corrected chi connectivity index (χ4v) is 6.83. The lowest BCUT2D eigenvalue weighted by Crippen LogP contribution is -2.31. The second-order valence-corrected chi connectivity index (χ2v) is 13.2. The highest BCUT2D eigenvalue weighted by Gasteiger charge is 2.31. The van der Waals surface area contributed by atoms with Crippen molar-refractivity contribution in [1.82, 2.24) is 30.2 Å². The maximum atomic E-state index is 13.4. The maximum absolute atomic E-state index is 13.4. The first-order chi connectivity index (χ1) is 26.3. The van der Waals surface area contributed by atoms with Crippen molar-refractivity contribution in [2.75, 3.05) is 50.2 Å². The van der Waals surface area contributed by atoms with Crippen LogP contribution in [0, 0.1) is 5.82 Å². The molecule has 2 saturated heterocycles. The van der Waals surface area contributed by atoms with E-state index in [4.69, 9.17) is 21.1 Å². The summed E-state index contributed by atoms with van der Waals surface area (Å²) in [7, 11) is 3.23. The van der Waals surface area contributed by atoms with E-state index in [2.05, 4.69) is 20.4 Å². The summed E-state index contributed by atoms with van der Waals surface area (Å²) in [6.45, 7) is 3.38. The molecule has 14 heteroatoms. The fraction of sp³-hybridized carbons (Fsp3) is 0.200. The molecule has 4 aromatic carbocycles. The topological polar surface area (TPSA) is 123 Å². The predicted octanol–water partition coefficient (Wildman–Crippen LogP) is 7.85. The van der Waals surface area contributed by atoms with Crippen LogP contribution in [-0.4, -0.2) is 82.7 Å².